The number of ether oxygens (including phenoxy) is 2. The van der Waals surface area contributed by atoms with Crippen LogP contribution in [0.25, 0.3) is 0 Å². The zero-order valence-corrected chi connectivity index (χ0v) is 14.5. The lowest BCUT2D eigenvalue weighted by atomic mass is 9.78. The number of likely N-dealkylation sites (tertiary alicyclic amines) is 1. The molecule has 0 spiro atoms. The van der Waals surface area contributed by atoms with Gasteiger partial charge < -0.3 is 14.4 Å². The van der Waals surface area contributed by atoms with Gasteiger partial charge in [-0.3, -0.25) is 14.9 Å². The molecule has 1 amide bonds. The summed E-state index contributed by atoms with van der Waals surface area (Å²) in [5.41, 5.74) is -0.193. The Morgan fingerprint density at radius 3 is 2.80 bits per heavy atom. The number of hydrogen-bond acceptors (Lipinski definition) is 5. The zero-order valence-electron chi connectivity index (χ0n) is 14.5. The van der Waals surface area contributed by atoms with Gasteiger partial charge in [-0.25, -0.2) is 0 Å². The van der Waals surface area contributed by atoms with Crippen LogP contribution in [0.5, 0.6) is 11.5 Å². The summed E-state index contributed by atoms with van der Waals surface area (Å²) in [5.74, 6) is 0.992. The smallest absolute Gasteiger partial charge is 0.314 e. The number of nitrogens with zero attached hydrogens (tertiary/aromatic N) is 2. The van der Waals surface area contributed by atoms with Crippen LogP contribution in [-0.4, -0.2) is 42.0 Å². The number of fused-ring (bicyclic) bond motifs is 1. The standard InChI is InChI=1S/C18H24N2O5/c1-24-14-8-9-17(16(11-14)20(22)23)25-12-18(21)19-10-4-6-13-5-2-3-7-15(13)19/h8-9,11,13,15H,2-7,10,12H2,1H3/t13-,15+/m0/s1. The van der Waals surface area contributed by atoms with Gasteiger partial charge in [-0.2, -0.15) is 0 Å². The first-order valence-electron chi connectivity index (χ1n) is 8.85. The number of carbonyl (C=O) groups is 1. The van der Waals surface area contributed by atoms with E-state index in [2.05, 4.69) is 0 Å². The van der Waals surface area contributed by atoms with Crippen molar-refractivity contribution in [2.45, 2.75) is 44.6 Å². The number of piperidine rings is 1. The van der Waals surface area contributed by atoms with E-state index < -0.39 is 4.92 Å². The highest BCUT2D eigenvalue weighted by Gasteiger charge is 2.35. The highest BCUT2D eigenvalue weighted by molar-refractivity contribution is 5.78. The maximum atomic E-state index is 12.6. The summed E-state index contributed by atoms with van der Waals surface area (Å²) >= 11 is 0. The SMILES string of the molecule is COc1ccc(OCC(=O)N2CCC[C@@H]3CCCC[C@H]32)c([N+](=O)[O-])c1. The van der Waals surface area contributed by atoms with Gasteiger partial charge in [0.05, 0.1) is 18.1 Å². The maximum Gasteiger partial charge on any atom is 0.314 e. The van der Waals surface area contributed by atoms with Crippen LogP contribution in [0.2, 0.25) is 0 Å². The molecule has 2 fully saturated rings. The molecule has 0 radical (unpaired) electrons. The van der Waals surface area contributed by atoms with Crippen molar-refractivity contribution in [3.05, 3.63) is 28.3 Å². The molecular weight excluding hydrogens is 324 g/mol. The molecule has 25 heavy (non-hydrogen) atoms. The van der Waals surface area contributed by atoms with E-state index in [0.29, 0.717) is 17.7 Å². The number of hydrogen-bond donors (Lipinski definition) is 0. The van der Waals surface area contributed by atoms with Gasteiger partial charge in [0.2, 0.25) is 0 Å². The lowest BCUT2D eigenvalue weighted by Gasteiger charge is -2.44. The van der Waals surface area contributed by atoms with E-state index in [1.807, 2.05) is 4.90 Å². The molecule has 1 aromatic carbocycles. The molecule has 3 rings (SSSR count). The molecule has 2 aliphatic rings. The third-order valence-electron chi connectivity index (χ3n) is 5.28. The summed E-state index contributed by atoms with van der Waals surface area (Å²) in [4.78, 5) is 25.2. The Labute approximate surface area is 147 Å². The summed E-state index contributed by atoms with van der Waals surface area (Å²) < 4.78 is 10.5. The van der Waals surface area contributed by atoms with E-state index in [4.69, 9.17) is 9.47 Å². The van der Waals surface area contributed by atoms with Gasteiger partial charge >= 0.3 is 5.69 Å². The molecule has 0 unspecified atom stereocenters. The third kappa shape index (κ3) is 3.86. The van der Waals surface area contributed by atoms with Crippen molar-refractivity contribution in [2.24, 2.45) is 5.92 Å². The topological polar surface area (TPSA) is 81.9 Å². The van der Waals surface area contributed by atoms with E-state index in [-0.39, 0.29) is 24.0 Å². The van der Waals surface area contributed by atoms with Crippen LogP contribution in [0, 0.1) is 16.0 Å². The summed E-state index contributed by atoms with van der Waals surface area (Å²) in [6.45, 7) is 0.588. The van der Waals surface area contributed by atoms with Gasteiger partial charge in [-0.15, -0.1) is 0 Å². The molecule has 7 heteroatoms. The van der Waals surface area contributed by atoms with Gasteiger partial charge in [0.25, 0.3) is 5.91 Å². The van der Waals surface area contributed by atoms with Gasteiger partial charge in [-0.1, -0.05) is 12.8 Å². The van der Waals surface area contributed by atoms with Crippen LogP contribution in [0.4, 0.5) is 5.69 Å². The average molecular weight is 348 g/mol. The average Bonchev–Trinajstić information content (AvgIpc) is 2.65. The first-order chi connectivity index (χ1) is 12.1. The van der Waals surface area contributed by atoms with Crippen molar-refractivity contribution >= 4 is 11.6 Å². The number of benzene rings is 1. The number of nitro benzene ring substituents is 1. The molecule has 7 nitrogen and oxygen atoms in total. The second kappa shape index (κ2) is 7.72. The predicted molar refractivity (Wildman–Crippen MR) is 91.8 cm³/mol. The number of rotatable bonds is 5. The van der Waals surface area contributed by atoms with Crippen LogP contribution in [0.3, 0.4) is 0 Å². The van der Waals surface area contributed by atoms with Crippen molar-refractivity contribution in [3.8, 4) is 11.5 Å². The number of carbonyl (C=O) groups excluding carboxylic acids is 1. The fraction of sp³-hybridized carbons (Fsp3) is 0.611. The molecule has 1 aromatic rings. The fourth-order valence-electron chi connectivity index (χ4n) is 4.05. The van der Waals surface area contributed by atoms with Gasteiger partial charge in [0, 0.05) is 12.6 Å². The number of nitro groups is 1. The molecule has 0 aromatic heterocycles. The Kier molecular flexibility index (Phi) is 5.40. The second-order valence-electron chi connectivity index (χ2n) is 6.72. The quantitative estimate of drug-likeness (QED) is 0.603. The monoisotopic (exact) mass is 348 g/mol. The Morgan fingerprint density at radius 2 is 2.04 bits per heavy atom. The number of amides is 1. The van der Waals surface area contributed by atoms with E-state index in [1.165, 1.54) is 38.5 Å². The summed E-state index contributed by atoms with van der Waals surface area (Å²) in [7, 11) is 1.44. The Morgan fingerprint density at radius 1 is 1.28 bits per heavy atom. The second-order valence-corrected chi connectivity index (χ2v) is 6.72. The van der Waals surface area contributed by atoms with Crippen molar-refractivity contribution in [1.82, 2.24) is 4.90 Å². The van der Waals surface area contributed by atoms with E-state index >= 15 is 0 Å². The lowest BCUT2D eigenvalue weighted by Crippen LogP contribution is -2.51. The Hall–Kier alpha value is -2.31. The summed E-state index contributed by atoms with van der Waals surface area (Å²) in [6.07, 6.45) is 6.88. The van der Waals surface area contributed by atoms with Crippen LogP contribution >= 0.6 is 0 Å². The molecule has 0 bridgehead atoms. The molecule has 1 saturated heterocycles. The minimum Gasteiger partial charge on any atom is -0.496 e. The van der Waals surface area contributed by atoms with Gasteiger partial charge in [0.1, 0.15) is 5.75 Å². The molecule has 1 aliphatic carbocycles. The van der Waals surface area contributed by atoms with Crippen molar-refractivity contribution in [1.29, 1.82) is 0 Å². The number of methoxy groups -OCH3 is 1. The van der Waals surface area contributed by atoms with Crippen molar-refractivity contribution < 1.29 is 19.2 Å². The molecule has 136 valence electrons. The molecule has 1 heterocycles. The third-order valence-corrected chi connectivity index (χ3v) is 5.28. The minimum atomic E-state index is -0.527. The van der Waals surface area contributed by atoms with E-state index in [0.717, 1.165) is 25.8 Å². The first kappa shape index (κ1) is 17.5. The van der Waals surface area contributed by atoms with Gasteiger partial charge in [-0.05, 0) is 43.7 Å². The Balaban J connectivity index is 1.66. The summed E-state index contributed by atoms with van der Waals surface area (Å²) in [5, 5.41) is 11.2. The zero-order chi connectivity index (χ0) is 17.8. The van der Waals surface area contributed by atoms with Gasteiger partial charge in [0.15, 0.2) is 12.4 Å². The van der Waals surface area contributed by atoms with Crippen LogP contribution in [0.1, 0.15) is 38.5 Å². The lowest BCUT2D eigenvalue weighted by molar-refractivity contribution is -0.385. The minimum absolute atomic E-state index is 0.0817. The first-order valence-corrected chi connectivity index (χ1v) is 8.85. The van der Waals surface area contributed by atoms with Crippen LogP contribution in [-0.2, 0) is 4.79 Å². The van der Waals surface area contributed by atoms with Crippen molar-refractivity contribution in [2.75, 3.05) is 20.3 Å². The molecule has 1 saturated carbocycles. The largest absolute Gasteiger partial charge is 0.496 e. The van der Waals surface area contributed by atoms with Crippen LogP contribution in [0.15, 0.2) is 18.2 Å². The highest BCUT2D eigenvalue weighted by Crippen LogP contribution is 2.35. The van der Waals surface area contributed by atoms with E-state index in [9.17, 15) is 14.9 Å². The normalized spacial score (nSPS) is 22.8. The molecule has 0 N–H and O–H groups in total. The predicted octanol–water partition coefficient (Wildman–Crippen LogP) is 3.16. The summed E-state index contributed by atoms with van der Waals surface area (Å²) in [6, 6.07) is 4.68. The highest BCUT2D eigenvalue weighted by atomic mass is 16.6. The van der Waals surface area contributed by atoms with Crippen molar-refractivity contribution in [3.63, 3.8) is 0 Å². The molecule has 1 aliphatic heterocycles. The molecular formula is C18H24N2O5. The van der Waals surface area contributed by atoms with Crippen LogP contribution < -0.4 is 9.47 Å². The fourth-order valence-corrected chi connectivity index (χ4v) is 4.05. The Bertz CT molecular complexity index is 646. The molecule has 2 atom stereocenters. The maximum absolute atomic E-state index is 12.6. The van der Waals surface area contributed by atoms with E-state index in [1.54, 1.807) is 6.07 Å².